The van der Waals surface area contributed by atoms with E-state index in [0.717, 1.165) is 19.3 Å². The second-order valence-corrected chi connectivity index (χ2v) is 6.93. The fraction of sp³-hybridized carbons (Fsp3) is 0.786. The summed E-state index contributed by atoms with van der Waals surface area (Å²) in [6.45, 7) is 5.64. The molecule has 0 aromatic heterocycles. The Bertz CT molecular complexity index is 396. The molecule has 0 aromatic carbocycles. The van der Waals surface area contributed by atoms with Gasteiger partial charge in [0, 0.05) is 5.54 Å². The first kappa shape index (κ1) is 16.9. The van der Waals surface area contributed by atoms with Crippen LogP contribution in [0.1, 0.15) is 52.9 Å². The zero-order valence-corrected chi connectivity index (χ0v) is 13.4. The predicted octanol–water partition coefficient (Wildman–Crippen LogP) is 1.25. The SMILES string of the molecule is CC(C)(C)NC(=O)CNC(=O)C1(C(N)=S)CCCCC1. The van der Waals surface area contributed by atoms with Crippen molar-refractivity contribution >= 4 is 29.0 Å². The molecule has 4 N–H and O–H groups in total. The van der Waals surface area contributed by atoms with Crippen LogP contribution in [0.5, 0.6) is 0 Å². The second-order valence-electron chi connectivity index (χ2n) is 6.49. The Balaban J connectivity index is 2.60. The number of hydrogen-bond donors (Lipinski definition) is 3. The van der Waals surface area contributed by atoms with Crippen LogP contribution in [-0.4, -0.2) is 28.9 Å². The molecule has 0 unspecified atom stereocenters. The van der Waals surface area contributed by atoms with Gasteiger partial charge in [0.05, 0.1) is 16.9 Å². The van der Waals surface area contributed by atoms with Crippen molar-refractivity contribution in [3.8, 4) is 0 Å². The Morgan fingerprint density at radius 2 is 1.75 bits per heavy atom. The van der Waals surface area contributed by atoms with Crippen LogP contribution in [-0.2, 0) is 9.59 Å². The molecule has 1 aliphatic rings. The molecule has 20 heavy (non-hydrogen) atoms. The summed E-state index contributed by atoms with van der Waals surface area (Å²) in [6, 6.07) is 0. The van der Waals surface area contributed by atoms with Crippen LogP contribution < -0.4 is 16.4 Å². The molecule has 0 aliphatic heterocycles. The van der Waals surface area contributed by atoms with Crippen LogP contribution in [0.25, 0.3) is 0 Å². The van der Waals surface area contributed by atoms with Crippen LogP contribution in [0.15, 0.2) is 0 Å². The molecule has 2 amide bonds. The van der Waals surface area contributed by atoms with Crippen molar-refractivity contribution in [3.63, 3.8) is 0 Å². The smallest absolute Gasteiger partial charge is 0.239 e. The van der Waals surface area contributed by atoms with Gasteiger partial charge in [0.25, 0.3) is 0 Å². The summed E-state index contributed by atoms with van der Waals surface area (Å²) in [4.78, 5) is 24.3. The lowest BCUT2D eigenvalue weighted by molar-refractivity contribution is -0.131. The molecule has 0 spiro atoms. The van der Waals surface area contributed by atoms with E-state index < -0.39 is 5.41 Å². The highest BCUT2D eigenvalue weighted by Crippen LogP contribution is 2.36. The van der Waals surface area contributed by atoms with E-state index in [9.17, 15) is 9.59 Å². The number of carbonyl (C=O) groups is 2. The minimum Gasteiger partial charge on any atom is -0.392 e. The molecule has 1 saturated carbocycles. The van der Waals surface area contributed by atoms with Crippen LogP contribution in [0.2, 0.25) is 0 Å². The lowest BCUT2D eigenvalue weighted by Crippen LogP contribution is -2.53. The lowest BCUT2D eigenvalue weighted by Gasteiger charge is -2.34. The molecular weight excluding hydrogens is 274 g/mol. The summed E-state index contributed by atoms with van der Waals surface area (Å²) >= 11 is 5.09. The van der Waals surface area contributed by atoms with Crippen LogP contribution in [0, 0.1) is 5.41 Å². The molecule has 0 aromatic rings. The van der Waals surface area contributed by atoms with Crippen molar-refractivity contribution < 1.29 is 9.59 Å². The first-order valence-electron chi connectivity index (χ1n) is 7.07. The van der Waals surface area contributed by atoms with Gasteiger partial charge in [-0.25, -0.2) is 0 Å². The zero-order chi connectivity index (χ0) is 15.4. The molecule has 0 radical (unpaired) electrons. The molecule has 1 rings (SSSR count). The van der Waals surface area contributed by atoms with E-state index in [0.29, 0.717) is 12.8 Å². The summed E-state index contributed by atoms with van der Waals surface area (Å²) in [7, 11) is 0. The lowest BCUT2D eigenvalue weighted by atomic mass is 9.73. The first-order chi connectivity index (χ1) is 9.17. The predicted molar refractivity (Wildman–Crippen MR) is 83.2 cm³/mol. The maximum Gasteiger partial charge on any atom is 0.239 e. The van der Waals surface area contributed by atoms with E-state index in [1.165, 1.54) is 0 Å². The number of nitrogens with two attached hydrogens (primary N) is 1. The topological polar surface area (TPSA) is 84.2 Å². The first-order valence-corrected chi connectivity index (χ1v) is 7.47. The van der Waals surface area contributed by atoms with Crippen molar-refractivity contribution in [3.05, 3.63) is 0 Å². The highest BCUT2D eigenvalue weighted by Gasteiger charge is 2.42. The molecule has 0 saturated heterocycles. The van der Waals surface area contributed by atoms with E-state index in [2.05, 4.69) is 10.6 Å². The molecule has 0 atom stereocenters. The van der Waals surface area contributed by atoms with Gasteiger partial charge in [-0.1, -0.05) is 31.5 Å². The van der Waals surface area contributed by atoms with Gasteiger partial charge >= 0.3 is 0 Å². The van der Waals surface area contributed by atoms with Gasteiger partial charge in [0.2, 0.25) is 11.8 Å². The second kappa shape index (κ2) is 6.52. The van der Waals surface area contributed by atoms with Gasteiger partial charge in [-0.15, -0.1) is 0 Å². The van der Waals surface area contributed by atoms with Crippen molar-refractivity contribution in [2.45, 2.75) is 58.4 Å². The average Bonchev–Trinajstić information content (AvgIpc) is 2.34. The molecule has 1 aliphatic carbocycles. The maximum absolute atomic E-state index is 12.4. The summed E-state index contributed by atoms with van der Waals surface area (Å²) in [5, 5.41) is 5.48. The van der Waals surface area contributed by atoms with Crippen LogP contribution >= 0.6 is 12.2 Å². The van der Waals surface area contributed by atoms with Gasteiger partial charge in [-0.2, -0.15) is 0 Å². The number of amides is 2. The summed E-state index contributed by atoms with van der Waals surface area (Å²) in [5.74, 6) is -0.423. The van der Waals surface area contributed by atoms with E-state index >= 15 is 0 Å². The van der Waals surface area contributed by atoms with Crippen molar-refractivity contribution in [2.24, 2.45) is 11.1 Å². The van der Waals surface area contributed by atoms with E-state index in [4.69, 9.17) is 18.0 Å². The number of thiocarbonyl (C=S) groups is 1. The monoisotopic (exact) mass is 299 g/mol. The molecule has 0 bridgehead atoms. The summed E-state index contributed by atoms with van der Waals surface area (Å²) < 4.78 is 0. The molecule has 6 heteroatoms. The van der Waals surface area contributed by atoms with Crippen LogP contribution in [0.4, 0.5) is 0 Å². The zero-order valence-electron chi connectivity index (χ0n) is 12.5. The third-order valence-electron chi connectivity index (χ3n) is 3.54. The number of rotatable bonds is 4. The van der Waals surface area contributed by atoms with Gasteiger partial charge in [-0.05, 0) is 33.6 Å². The minimum absolute atomic E-state index is 0.0412. The van der Waals surface area contributed by atoms with Gasteiger partial charge in [0.15, 0.2) is 0 Å². The Kier molecular flexibility index (Phi) is 5.50. The van der Waals surface area contributed by atoms with Gasteiger partial charge in [0.1, 0.15) is 0 Å². The van der Waals surface area contributed by atoms with Gasteiger partial charge in [-0.3, -0.25) is 9.59 Å². The third-order valence-corrected chi connectivity index (χ3v) is 3.93. The normalized spacial score (nSPS) is 18.1. The maximum atomic E-state index is 12.4. The fourth-order valence-electron chi connectivity index (χ4n) is 2.53. The molecule has 0 heterocycles. The van der Waals surface area contributed by atoms with Crippen molar-refractivity contribution in [1.82, 2.24) is 10.6 Å². The molecular formula is C14H25N3O2S. The standard InChI is InChI=1S/C14H25N3O2S/c1-13(2,3)17-10(18)9-16-12(19)14(11(15)20)7-5-4-6-8-14/h4-9H2,1-3H3,(H2,15,20)(H,16,19)(H,17,18). The Morgan fingerprint density at radius 1 is 1.20 bits per heavy atom. The summed E-state index contributed by atoms with van der Waals surface area (Å²) in [5.41, 5.74) is 4.70. The number of hydrogen-bond acceptors (Lipinski definition) is 3. The molecule has 114 valence electrons. The van der Waals surface area contributed by atoms with E-state index in [-0.39, 0.29) is 28.9 Å². The Labute approximate surface area is 126 Å². The van der Waals surface area contributed by atoms with Gasteiger partial charge < -0.3 is 16.4 Å². The third kappa shape index (κ3) is 4.44. The number of carbonyl (C=O) groups excluding carboxylic acids is 2. The highest BCUT2D eigenvalue weighted by atomic mass is 32.1. The molecule has 1 fully saturated rings. The van der Waals surface area contributed by atoms with Crippen molar-refractivity contribution in [1.29, 1.82) is 0 Å². The van der Waals surface area contributed by atoms with Crippen LogP contribution in [0.3, 0.4) is 0 Å². The highest BCUT2D eigenvalue weighted by molar-refractivity contribution is 7.80. The largest absolute Gasteiger partial charge is 0.392 e. The number of nitrogens with one attached hydrogen (secondary N) is 2. The van der Waals surface area contributed by atoms with Crippen molar-refractivity contribution in [2.75, 3.05) is 6.54 Å². The minimum atomic E-state index is -0.768. The fourth-order valence-corrected chi connectivity index (χ4v) is 2.83. The van der Waals surface area contributed by atoms with E-state index in [1.807, 2.05) is 20.8 Å². The molecule has 5 nitrogen and oxygen atoms in total. The van der Waals surface area contributed by atoms with E-state index in [1.54, 1.807) is 0 Å². The average molecular weight is 299 g/mol. The summed E-state index contributed by atoms with van der Waals surface area (Å²) in [6.07, 6.45) is 4.34. The Hall–Kier alpha value is -1.17. The quantitative estimate of drug-likeness (QED) is 0.682. The Morgan fingerprint density at radius 3 is 2.20 bits per heavy atom.